The van der Waals surface area contributed by atoms with Crippen molar-refractivity contribution in [1.82, 2.24) is 5.43 Å². The Morgan fingerprint density at radius 3 is 2.17 bits per heavy atom. The summed E-state index contributed by atoms with van der Waals surface area (Å²) in [6.07, 6.45) is 2.44. The van der Waals surface area contributed by atoms with Crippen LogP contribution in [0, 0.1) is 0 Å². The largest absolute Gasteiger partial charge is 0.497 e. The molecule has 0 aliphatic carbocycles. The van der Waals surface area contributed by atoms with Gasteiger partial charge >= 0.3 is 0 Å². The van der Waals surface area contributed by atoms with Crippen LogP contribution in [-0.4, -0.2) is 54.2 Å². The number of amides is 1. The third kappa shape index (κ3) is 5.63. The Hall–Kier alpha value is -3.27. The molecule has 0 heterocycles. The number of benzene rings is 2. The fourth-order valence-electron chi connectivity index (χ4n) is 2.72. The van der Waals surface area contributed by atoms with Crippen molar-refractivity contribution in [3.05, 3.63) is 48.0 Å². The number of sulfonamides is 1. The highest BCUT2D eigenvalue weighted by Crippen LogP contribution is 2.24. The third-order valence-corrected chi connectivity index (χ3v) is 5.48. The van der Waals surface area contributed by atoms with Crippen LogP contribution in [0.25, 0.3) is 0 Å². The van der Waals surface area contributed by atoms with Gasteiger partial charge in [-0.3, -0.25) is 9.10 Å². The number of nitrogens with zero attached hydrogens (tertiary/aromatic N) is 2. The minimum atomic E-state index is -3.73. The second-order valence-corrected chi connectivity index (χ2v) is 8.13. The minimum absolute atomic E-state index is 0.335. The SMILES string of the molecule is COc1ccc(N([C@@H](C)C(=O)N/N=C\c2ccc(OC)cc2OC)S(C)(=O)=O)cc1. The number of nitrogens with one attached hydrogen (secondary N) is 1. The summed E-state index contributed by atoms with van der Waals surface area (Å²) in [5, 5.41) is 3.93. The molecule has 0 fully saturated rings. The molecule has 0 saturated carbocycles. The van der Waals surface area contributed by atoms with Gasteiger partial charge < -0.3 is 14.2 Å². The van der Waals surface area contributed by atoms with E-state index < -0.39 is 22.0 Å². The van der Waals surface area contributed by atoms with Crippen LogP contribution in [0.5, 0.6) is 17.2 Å². The molecule has 1 atom stereocenters. The highest BCUT2D eigenvalue weighted by Gasteiger charge is 2.29. The zero-order valence-electron chi connectivity index (χ0n) is 17.4. The van der Waals surface area contributed by atoms with Crippen LogP contribution in [0.15, 0.2) is 47.6 Å². The molecule has 0 aliphatic heterocycles. The maximum Gasteiger partial charge on any atom is 0.263 e. The molecule has 2 aromatic rings. The highest BCUT2D eigenvalue weighted by molar-refractivity contribution is 7.92. The Kier molecular flexibility index (Phi) is 7.65. The topological polar surface area (TPSA) is 107 Å². The molecule has 1 N–H and O–H groups in total. The Bertz CT molecular complexity index is 1010. The summed E-state index contributed by atoms with van der Waals surface area (Å²) in [6.45, 7) is 1.48. The van der Waals surface area contributed by atoms with Gasteiger partial charge in [-0.1, -0.05) is 0 Å². The number of methoxy groups -OCH3 is 3. The normalized spacial score (nSPS) is 12.3. The smallest absolute Gasteiger partial charge is 0.263 e. The van der Waals surface area contributed by atoms with Gasteiger partial charge in [-0.15, -0.1) is 0 Å². The molecule has 0 saturated heterocycles. The summed E-state index contributed by atoms with van der Waals surface area (Å²) in [4.78, 5) is 12.6. The fourth-order valence-corrected chi connectivity index (χ4v) is 3.90. The molecule has 162 valence electrons. The number of rotatable bonds is 9. The lowest BCUT2D eigenvalue weighted by Crippen LogP contribution is -2.46. The van der Waals surface area contributed by atoms with Crippen molar-refractivity contribution in [2.24, 2.45) is 5.10 Å². The standard InChI is InChI=1S/C20H25N3O6S/c1-14(23(30(5,25)26)16-7-10-17(27-2)11-8-16)20(24)22-21-13-15-6-9-18(28-3)12-19(15)29-4/h6-14H,1-5H3,(H,22,24)/b21-13-/t14-/m0/s1. The zero-order valence-corrected chi connectivity index (χ0v) is 18.3. The number of carbonyl (C=O) groups is 1. The van der Waals surface area contributed by atoms with E-state index in [0.717, 1.165) is 10.6 Å². The lowest BCUT2D eigenvalue weighted by atomic mass is 10.2. The van der Waals surface area contributed by atoms with Gasteiger partial charge in [-0.2, -0.15) is 5.10 Å². The average molecular weight is 436 g/mol. The van der Waals surface area contributed by atoms with E-state index in [9.17, 15) is 13.2 Å². The number of hydrogen-bond acceptors (Lipinski definition) is 7. The van der Waals surface area contributed by atoms with Gasteiger partial charge in [0.05, 0.1) is 39.5 Å². The molecule has 10 heteroatoms. The van der Waals surface area contributed by atoms with Crippen molar-refractivity contribution in [3.8, 4) is 17.2 Å². The van der Waals surface area contributed by atoms with Crippen LogP contribution in [-0.2, 0) is 14.8 Å². The summed E-state index contributed by atoms with van der Waals surface area (Å²) in [5.74, 6) is 1.10. The Morgan fingerprint density at radius 2 is 1.63 bits per heavy atom. The number of ether oxygens (including phenoxy) is 3. The molecular formula is C20H25N3O6S. The molecule has 0 bridgehead atoms. The van der Waals surface area contributed by atoms with E-state index in [-0.39, 0.29) is 0 Å². The molecule has 2 rings (SSSR count). The van der Waals surface area contributed by atoms with E-state index in [1.165, 1.54) is 27.4 Å². The van der Waals surface area contributed by atoms with Gasteiger partial charge in [0.15, 0.2) is 0 Å². The summed E-state index contributed by atoms with van der Waals surface area (Å²) < 4.78 is 41.2. The Balaban J connectivity index is 2.18. The monoisotopic (exact) mass is 435 g/mol. The molecule has 0 radical (unpaired) electrons. The van der Waals surface area contributed by atoms with Crippen molar-refractivity contribution in [1.29, 1.82) is 0 Å². The van der Waals surface area contributed by atoms with Crippen molar-refractivity contribution in [3.63, 3.8) is 0 Å². The van der Waals surface area contributed by atoms with Crippen LogP contribution in [0.2, 0.25) is 0 Å². The van der Waals surface area contributed by atoms with Crippen molar-refractivity contribution in [2.75, 3.05) is 31.9 Å². The van der Waals surface area contributed by atoms with Gasteiger partial charge in [0.25, 0.3) is 5.91 Å². The lowest BCUT2D eigenvalue weighted by Gasteiger charge is -2.27. The van der Waals surface area contributed by atoms with Crippen LogP contribution in [0.1, 0.15) is 12.5 Å². The lowest BCUT2D eigenvalue weighted by molar-refractivity contribution is -0.121. The van der Waals surface area contributed by atoms with Gasteiger partial charge in [0.1, 0.15) is 23.3 Å². The predicted molar refractivity (Wildman–Crippen MR) is 115 cm³/mol. The molecule has 0 aromatic heterocycles. The average Bonchev–Trinajstić information content (AvgIpc) is 2.73. The number of hydrogen-bond donors (Lipinski definition) is 1. The second kappa shape index (κ2) is 9.97. The maximum atomic E-state index is 12.6. The van der Waals surface area contributed by atoms with Crippen molar-refractivity contribution < 1.29 is 27.4 Å². The van der Waals surface area contributed by atoms with Crippen LogP contribution >= 0.6 is 0 Å². The zero-order chi connectivity index (χ0) is 22.3. The highest BCUT2D eigenvalue weighted by atomic mass is 32.2. The van der Waals surface area contributed by atoms with Gasteiger partial charge in [-0.05, 0) is 43.3 Å². The second-order valence-electron chi connectivity index (χ2n) is 6.27. The Labute approximate surface area is 176 Å². The fraction of sp³-hybridized carbons (Fsp3) is 0.300. The van der Waals surface area contributed by atoms with E-state index in [4.69, 9.17) is 14.2 Å². The Morgan fingerprint density at radius 1 is 1.03 bits per heavy atom. The molecule has 9 nitrogen and oxygen atoms in total. The molecular weight excluding hydrogens is 410 g/mol. The first-order valence-electron chi connectivity index (χ1n) is 8.89. The predicted octanol–water partition coefficient (Wildman–Crippen LogP) is 2.02. The summed E-state index contributed by atoms with van der Waals surface area (Å²) in [6, 6.07) is 10.5. The maximum absolute atomic E-state index is 12.6. The third-order valence-electron chi connectivity index (χ3n) is 4.23. The molecule has 2 aromatic carbocycles. The minimum Gasteiger partial charge on any atom is -0.497 e. The number of anilines is 1. The number of carbonyl (C=O) groups excluding carboxylic acids is 1. The van der Waals surface area contributed by atoms with E-state index in [1.54, 1.807) is 49.6 Å². The summed E-state index contributed by atoms with van der Waals surface area (Å²) in [5.41, 5.74) is 3.32. The molecule has 30 heavy (non-hydrogen) atoms. The van der Waals surface area contributed by atoms with E-state index in [2.05, 4.69) is 10.5 Å². The van der Waals surface area contributed by atoms with Crippen LogP contribution < -0.4 is 23.9 Å². The van der Waals surface area contributed by atoms with E-state index in [0.29, 0.717) is 28.5 Å². The molecule has 0 unspecified atom stereocenters. The van der Waals surface area contributed by atoms with Crippen LogP contribution in [0.4, 0.5) is 5.69 Å². The van der Waals surface area contributed by atoms with Gasteiger partial charge in [0, 0.05) is 11.6 Å². The van der Waals surface area contributed by atoms with Crippen molar-refractivity contribution in [2.45, 2.75) is 13.0 Å². The molecule has 0 aliphatic rings. The van der Waals surface area contributed by atoms with E-state index >= 15 is 0 Å². The van der Waals surface area contributed by atoms with Crippen LogP contribution in [0.3, 0.4) is 0 Å². The quantitative estimate of drug-likeness (QED) is 0.477. The van der Waals surface area contributed by atoms with E-state index in [1.807, 2.05) is 0 Å². The molecule has 0 spiro atoms. The number of hydrazone groups is 1. The molecule has 1 amide bonds. The first-order chi connectivity index (χ1) is 14.2. The summed E-state index contributed by atoms with van der Waals surface area (Å²) >= 11 is 0. The first kappa shape index (κ1) is 23.0. The van der Waals surface area contributed by atoms with Gasteiger partial charge in [0.2, 0.25) is 10.0 Å². The van der Waals surface area contributed by atoms with Gasteiger partial charge in [-0.25, -0.2) is 13.8 Å². The van der Waals surface area contributed by atoms with Crippen molar-refractivity contribution >= 4 is 27.8 Å². The first-order valence-corrected chi connectivity index (χ1v) is 10.7. The summed E-state index contributed by atoms with van der Waals surface area (Å²) in [7, 11) is 0.825.